The average molecular weight is 553 g/mol. The van der Waals surface area contributed by atoms with Crippen molar-refractivity contribution in [1.82, 2.24) is 14.9 Å². The number of hydrogen-bond donors (Lipinski definition) is 1. The number of ether oxygens (including phenoxy) is 1. The molecule has 2 heterocycles. The fraction of sp³-hybridized carbons (Fsp3) is 0.280. The van der Waals surface area contributed by atoms with E-state index in [9.17, 15) is 23.2 Å². The van der Waals surface area contributed by atoms with Crippen LogP contribution in [-0.2, 0) is 11.3 Å². The molecule has 1 fully saturated rings. The molecule has 4 rings (SSSR count). The SMILES string of the molecule is COc1cc(F)c([C@@H]2CN(c3c(C)ncn(CC(F)F)c3=O)C(=O)[C@H]2NC(=O)c2ccc(Cl)cc2)c(F)c1. The minimum absolute atomic E-state index is 0.0352. The van der Waals surface area contributed by atoms with Crippen molar-refractivity contribution in [3.05, 3.63) is 86.6 Å². The number of aromatic nitrogens is 2. The number of benzene rings is 2. The summed E-state index contributed by atoms with van der Waals surface area (Å²) in [6.45, 7) is -0.0239. The van der Waals surface area contributed by atoms with Crippen molar-refractivity contribution in [1.29, 1.82) is 0 Å². The molecule has 38 heavy (non-hydrogen) atoms. The zero-order valence-electron chi connectivity index (χ0n) is 20.1. The Balaban J connectivity index is 1.80. The molecule has 3 aromatic rings. The molecular weight excluding hydrogens is 532 g/mol. The van der Waals surface area contributed by atoms with Crippen molar-refractivity contribution >= 4 is 29.1 Å². The number of rotatable bonds is 7. The minimum atomic E-state index is -2.87. The van der Waals surface area contributed by atoms with Gasteiger partial charge >= 0.3 is 0 Å². The number of nitrogens with zero attached hydrogens (tertiary/aromatic N) is 3. The number of carbonyl (C=O) groups is 2. The number of anilines is 1. The van der Waals surface area contributed by atoms with Crippen molar-refractivity contribution in [3.63, 3.8) is 0 Å². The summed E-state index contributed by atoms with van der Waals surface area (Å²) in [5.41, 5.74) is -1.64. The smallest absolute Gasteiger partial charge is 0.277 e. The zero-order valence-corrected chi connectivity index (χ0v) is 20.8. The molecule has 13 heteroatoms. The fourth-order valence-corrected chi connectivity index (χ4v) is 4.49. The minimum Gasteiger partial charge on any atom is -0.497 e. The van der Waals surface area contributed by atoms with E-state index in [0.29, 0.717) is 9.59 Å². The van der Waals surface area contributed by atoms with Crippen LogP contribution in [0.2, 0.25) is 5.02 Å². The first-order chi connectivity index (χ1) is 18.0. The molecule has 0 spiro atoms. The normalized spacial score (nSPS) is 17.3. The van der Waals surface area contributed by atoms with Gasteiger partial charge in [0, 0.05) is 40.7 Å². The number of halogens is 5. The van der Waals surface area contributed by atoms with Gasteiger partial charge < -0.3 is 15.0 Å². The van der Waals surface area contributed by atoms with Gasteiger partial charge in [0.15, 0.2) is 0 Å². The Bertz CT molecular complexity index is 1430. The van der Waals surface area contributed by atoms with Crippen LogP contribution < -0.4 is 20.5 Å². The van der Waals surface area contributed by atoms with Crippen molar-refractivity contribution in [2.75, 3.05) is 18.6 Å². The first-order valence-electron chi connectivity index (χ1n) is 11.3. The predicted molar refractivity (Wildman–Crippen MR) is 130 cm³/mol. The van der Waals surface area contributed by atoms with E-state index in [1.54, 1.807) is 0 Å². The number of carbonyl (C=O) groups excluding carboxylic acids is 2. The standard InChI is InChI=1S/C25H21ClF4N4O4/c1-12-22(25(37)33(11-31-12)10-19(29)30)34-9-16(20-17(27)7-15(38-2)8-18(20)28)21(24(34)36)32-23(35)13-3-5-14(26)6-4-13/h3-8,11,16,19,21H,9-10H2,1-2H3,(H,32,35)/t16-,21-/m0/s1. The number of hydrogen-bond acceptors (Lipinski definition) is 5. The van der Waals surface area contributed by atoms with Gasteiger partial charge in [-0.1, -0.05) is 11.6 Å². The molecule has 1 N–H and O–H groups in total. The van der Waals surface area contributed by atoms with Crippen LogP contribution in [-0.4, -0.2) is 47.5 Å². The van der Waals surface area contributed by atoms with Gasteiger partial charge in [0.1, 0.15) is 29.1 Å². The van der Waals surface area contributed by atoms with E-state index in [1.165, 1.54) is 38.3 Å². The summed E-state index contributed by atoms with van der Waals surface area (Å²) in [6.07, 6.45) is -1.95. The van der Waals surface area contributed by atoms with Crippen molar-refractivity contribution in [2.45, 2.75) is 31.9 Å². The topological polar surface area (TPSA) is 93.5 Å². The van der Waals surface area contributed by atoms with Gasteiger partial charge in [0.05, 0.1) is 25.7 Å². The van der Waals surface area contributed by atoms with Crippen LogP contribution in [0.1, 0.15) is 27.5 Å². The Morgan fingerprint density at radius 1 is 1.18 bits per heavy atom. The third-order valence-electron chi connectivity index (χ3n) is 6.17. The Kier molecular flexibility index (Phi) is 7.72. The second-order valence-corrected chi connectivity index (χ2v) is 8.98. The lowest BCUT2D eigenvalue weighted by Gasteiger charge is -2.20. The maximum absolute atomic E-state index is 15.1. The largest absolute Gasteiger partial charge is 0.497 e. The monoisotopic (exact) mass is 552 g/mol. The van der Waals surface area contributed by atoms with Crippen LogP contribution in [0.15, 0.2) is 47.5 Å². The van der Waals surface area contributed by atoms with Gasteiger partial charge in [0.2, 0.25) is 0 Å². The van der Waals surface area contributed by atoms with E-state index in [-0.39, 0.29) is 22.7 Å². The highest BCUT2D eigenvalue weighted by Gasteiger charge is 2.46. The lowest BCUT2D eigenvalue weighted by molar-refractivity contribution is -0.118. The van der Waals surface area contributed by atoms with E-state index in [4.69, 9.17) is 16.3 Å². The lowest BCUT2D eigenvalue weighted by Crippen LogP contribution is -2.45. The lowest BCUT2D eigenvalue weighted by atomic mass is 9.92. The Labute approximate surface area is 218 Å². The molecule has 1 saturated heterocycles. The van der Waals surface area contributed by atoms with Crippen LogP contribution >= 0.6 is 11.6 Å². The molecule has 200 valence electrons. The van der Waals surface area contributed by atoms with Gasteiger partial charge in [0.25, 0.3) is 23.8 Å². The molecule has 0 bridgehead atoms. The Hall–Kier alpha value is -3.93. The summed E-state index contributed by atoms with van der Waals surface area (Å²) in [6, 6.07) is 6.02. The van der Waals surface area contributed by atoms with Crippen LogP contribution in [0.25, 0.3) is 0 Å². The van der Waals surface area contributed by atoms with E-state index >= 15 is 8.78 Å². The Morgan fingerprint density at radius 3 is 2.39 bits per heavy atom. The fourth-order valence-electron chi connectivity index (χ4n) is 4.36. The molecule has 0 saturated carbocycles. The van der Waals surface area contributed by atoms with Crippen molar-refractivity contribution in [2.24, 2.45) is 0 Å². The molecular formula is C25H21ClF4N4O4. The highest BCUT2D eigenvalue weighted by Crippen LogP contribution is 2.36. The Morgan fingerprint density at radius 2 is 1.82 bits per heavy atom. The highest BCUT2D eigenvalue weighted by molar-refractivity contribution is 6.30. The van der Waals surface area contributed by atoms with Crippen molar-refractivity contribution < 1.29 is 31.9 Å². The second-order valence-electron chi connectivity index (χ2n) is 8.55. The second kappa shape index (κ2) is 10.8. The summed E-state index contributed by atoms with van der Waals surface area (Å²) in [7, 11) is 1.22. The summed E-state index contributed by atoms with van der Waals surface area (Å²) in [5.74, 6) is -5.09. The zero-order chi connectivity index (χ0) is 27.7. The molecule has 1 aliphatic rings. The van der Waals surface area contributed by atoms with Crippen LogP contribution in [0, 0.1) is 18.6 Å². The average Bonchev–Trinajstić information content (AvgIpc) is 3.16. The van der Waals surface area contributed by atoms with Crippen LogP contribution in [0.3, 0.4) is 0 Å². The van der Waals surface area contributed by atoms with Gasteiger partial charge in [-0.15, -0.1) is 0 Å². The van der Waals surface area contributed by atoms with Gasteiger partial charge in [-0.25, -0.2) is 22.5 Å². The number of aryl methyl sites for hydroxylation is 1. The molecule has 1 aliphatic heterocycles. The predicted octanol–water partition coefficient (Wildman–Crippen LogP) is 3.69. The number of nitrogens with one attached hydrogen (secondary N) is 1. The first kappa shape index (κ1) is 27.1. The summed E-state index contributed by atoms with van der Waals surface area (Å²) < 4.78 is 61.7. The molecule has 1 aromatic heterocycles. The quantitative estimate of drug-likeness (QED) is 0.451. The van der Waals surface area contributed by atoms with E-state index in [1.807, 2.05) is 0 Å². The van der Waals surface area contributed by atoms with Crippen LogP contribution in [0.5, 0.6) is 5.75 Å². The molecule has 0 aliphatic carbocycles. The van der Waals surface area contributed by atoms with E-state index in [0.717, 1.165) is 23.4 Å². The van der Waals surface area contributed by atoms with Crippen molar-refractivity contribution in [3.8, 4) is 5.75 Å². The van der Waals surface area contributed by atoms with E-state index < -0.39 is 66.0 Å². The molecule has 8 nitrogen and oxygen atoms in total. The maximum atomic E-state index is 15.1. The number of alkyl halides is 2. The third-order valence-corrected chi connectivity index (χ3v) is 6.42. The summed E-state index contributed by atoms with van der Waals surface area (Å²) in [5, 5.41) is 2.85. The number of methoxy groups -OCH3 is 1. The molecule has 2 amide bonds. The van der Waals surface area contributed by atoms with Crippen LogP contribution in [0.4, 0.5) is 23.2 Å². The number of amides is 2. The van der Waals surface area contributed by atoms with E-state index in [2.05, 4.69) is 10.3 Å². The molecule has 2 aromatic carbocycles. The summed E-state index contributed by atoms with van der Waals surface area (Å²) in [4.78, 5) is 44.4. The molecule has 0 unspecified atom stereocenters. The third kappa shape index (κ3) is 5.21. The molecule has 2 atom stereocenters. The van der Waals surface area contributed by atoms with Gasteiger partial charge in [-0.2, -0.15) is 0 Å². The highest BCUT2D eigenvalue weighted by atomic mass is 35.5. The van der Waals surface area contributed by atoms with Gasteiger partial charge in [-0.3, -0.25) is 19.0 Å². The van der Waals surface area contributed by atoms with Gasteiger partial charge in [-0.05, 0) is 31.2 Å². The first-order valence-corrected chi connectivity index (χ1v) is 11.6. The molecule has 0 radical (unpaired) electrons. The summed E-state index contributed by atoms with van der Waals surface area (Å²) >= 11 is 5.86. The maximum Gasteiger partial charge on any atom is 0.277 e.